The number of nitrogens with zero attached hydrogens (tertiary/aromatic N) is 2. The van der Waals surface area contributed by atoms with Crippen LogP contribution in [0.15, 0.2) is 4.99 Å². The van der Waals surface area contributed by atoms with E-state index in [0.717, 1.165) is 18.4 Å². The minimum absolute atomic E-state index is 0. The summed E-state index contributed by atoms with van der Waals surface area (Å²) >= 11 is 0. The van der Waals surface area contributed by atoms with Gasteiger partial charge in [0.15, 0.2) is 5.96 Å². The Hall–Kier alpha value is -0.530. The normalized spacial score (nSPS) is 21.9. The summed E-state index contributed by atoms with van der Waals surface area (Å²) in [5.74, 6) is 1.68. The third kappa shape index (κ3) is 6.42. The van der Waals surface area contributed by atoms with Gasteiger partial charge in [-0.2, -0.15) is 0 Å². The SMILES string of the molecule is CCNC(=NCCC(=O)N(C)C)NC1CC1C.I. The van der Waals surface area contributed by atoms with Crippen molar-refractivity contribution >= 4 is 35.8 Å². The van der Waals surface area contributed by atoms with Crippen LogP contribution in [0.3, 0.4) is 0 Å². The molecule has 0 radical (unpaired) electrons. The van der Waals surface area contributed by atoms with Gasteiger partial charge in [-0.15, -0.1) is 24.0 Å². The first-order chi connectivity index (χ1) is 8.04. The maximum Gasteiger partial charge on any atom is 0.223 e. The summed E-state index contributed by atoms with van der Waals surface area (Å²) in [5.41, 5.74) is 0. The van der Waals surface area contributed by atoms with Crippen molar-refractivity contribution in [3.63, 3.8) is 0 Å². The molecule has 1 saturated carbocycles. The first-order valence-electron chi connectivity index (χ1n) is 6.29. The highest BCUT2D eigenvalue weighted by atomic mass is 127. The Bertz CT molecular complexity index is 294. The molecule has 1 amide bonds. The minimum atomic E-state index is 0. The molecule has 1 fully saturated rings. The predicted molar refractivity (Wildman–Crippen MR) is 85.4 cm³/mol. The fourth-order valence-electron chi connectivity index (χ4n) is 1.51. The fraction of sp³-hybridized carbons (Fsp3) is 0.833. The Labute approximate surface area is 127 Å². The summed E-state index contributed by atoms with van der Waals surface area (Å²) in [6, 6.07) is 0.553. The van der Waals surface area contributed by atoms with Gasteiger partial charge < -0.3 is 15.5 Å². The molecule has 5 nitrogen and oxygen atoms in total. The Morgan fingerprint density at radius 1 is 1.44 bits per heavy atom. The first kappa shape index (κ1) is 17.5. The molecular weight excluding hydrogens is 343 g/mol. The van der Waals surface area contributed by atoms with Gasteiger partial charge in [0, 0.05) is 33.1 Å². The summed E-state index contributed by atoms with van der Waals surface area (Å²) in [6.07, 6.45) is 1.67. The van der Waals surface area contributed by atoms with Gasteiger partial charge in [-0.1, -0.05) is 6.92 Å². The number of carbonyl (C=O) groups is 1. The van der Waals surface area contributed by atoms with E-state index in [1.165, 1.54) is 6.42 Å². The zero-order valence-corrected chi connectivity index (χ0v) is 14.0. The van der Waals surface area contributed by atoms with Gasteiger partial charge in [0.2, 0.25) is 5.91 Å². The maximum absolute atomic E-state index is 11.4. The van der Waals surface area contributed by atoms with E-state index in [9.17, 15) is 4.79 Å². The maximum atomic E-state index is 11.4. The molecule has 0 saturated heterocycles. The van der Waals surface area contributed by atoms with Gasteiger partial charge in [-0.05, 0) is 19.3 Å². The van der Waals surface area contributed by atoms with E-state index in [2.05, 4.69) is 22.5 Å². The molecule has 2 unspecified atom stereocenters. The van der Waals surface area contributed by atoms with Crippen molar-refractivity contribution in [1.82, 2.24) is 15.5 Å². The third-order valence-electron chi connectivity index (χ3n) is 2.87. The molecule has 0 spiro atoms. The zero-order valence-electron chi connectivity index (χ0n) is 11.7. The van der Waals surface area contributed by atoms with Crippen LogP contribution in [0, 0.1) is 5.92 Å². The van der Waals surface area contributed by atoms with E-state index in [0.29, 0.717) is 19.0 Å². The van der Waals surface area contributed by atoms with E-state index in [4.69, 9.17) is 0 Å². The molecule has 1 aliphatic carbocycles. The van der Waals surface area contributed by atoms with Crippen LogP contribution in [0.5, 0.6) is 0 Å². The molecule has 0 aromatic carbocycles. The van der Waals surface area contributed by atoms with E-state index >= 15 is 0 Å². The topological polar surface area (TPSA) is 56.7 Å². The van der Waals surface area contributed by atoms with Gasteiger partial charge in [0.25, 0.3) is 0 Å². The lowest BCUT2D eigenvalue weighted by atomic mass is 10.4. The van der Waals surface area contributed by atoms with Crippen LogP contribution in [0.25, 0.3) is 0 Å². The monoisotopic (exact) mass is 368 g/mol. The highest BCUT2D eigenvalue weighted by Crippen LogP contribution is 2.28. The van der Waals surface area contributed by atoms with Crippen molar-refractivity contribution in [2.24, 2.45) is 10.9 Å². The summed E-state index contributed by atoms with van der Waals surface area (Å²) in [7, 11) is 3.53. The predicted octanol–water partition coefficient (Wildman–Crippen LogP) is 1.05. The number of guanidine groups is 1. The van der Waals surface area contributed by atoms with Gasteiger partial charge in [0.05, 0.1) is 6.54 Å². The average molecular weight is 368 g/mol. The van der Waals surface area contributed by atoms with E-state index < -0.39 is 0 Å². The number of hydrogen-bond acceptors (Lipinski definition) is 2. The number of amides is 1. The molecular formula is C12H25IN4O. The fourth-order valence-corrected chi connectivity index (χ4v) is 1.51. The molecule has 0 aromatic rings. The summed E-state index contributed by atoms with van der Waals surface area (Å²) in [4.78, 5) is 17.4. The lowest BCUT2D eigenvalue weighted by molar-refractivity contribution is -0.128. The van der Waals surface area contributed by atoms with Crippen LogP contribution in [0.1, 0.15) is 26.7 Å². The smallest absolute Gasteiger partial charge is 0.223 e. The first-order valence-corrected chi connectivity index (χ1v) is 6.29. The Morgan fingerprint density at radius 2 is 2.06 bits per heavy atom. The second kappa shape index (κ2) is 8.55. The second-order valence-corrected chi connectivity index (χ2v) is 4.76. The third-order valence-corrected chi connectivity index (χ3v) is 2.87. The Morgan fingerprint density at radius 3 is 2.50 bits per heavy atom. The lowest BCUT2D eigenvalue weighted by Crippen LogP contribution is -2.39. The van der Waals surface area contributed by atoms with Crippen LogP contribution in [0.4, 0.5) is 0 Å². The number of carbonyl (C=O) groups excluding carboxylic acids is 1. The summed E-state index contributed by atoms with van der Waals surface area (Å²) in [5, 5.41) is 6.55. The number of halogens is 1. The van der Waals surface area contributed by atoms with Crippen LogP contribution in [-0.4, -0.2) is 50.0 Å². The standard InChI is InChI=1S/C12H24N4O.HI/c1-5-13-12(15-10-8-9(10)2)14-7-6-11(17)16(3)4;/h9-10H,5-8H2,1-4H3,(H2,13,14,15);1H. The van der Waals surface area contributed by atoms with E-state index in [-0.39, 0.29) is 29.9 Å². The molecule has 6 heteroatoms. The molecule has 0 bridgehead atoms. The zero-order chi connectivity index (χ0) is 12.8. The van der Waals surface area contributed by atoms with Gasteiger partial charge >= 0.3 is 0 Å². The van der Waals surface area contributed by atoms with Crippen molar-refractivity contribution in [3.8, 4) is 0 Å². The Kier molecular flexibility index (Phi) is 8.30. The highest BCUT2D eigenvalue weighted by molar-refractivity contribution is 14.0. The number of rotatable bonds is 5. The molecule has 106 valence electrons. The van der Waals surface area contributed by atoms with Crippen molar-refractivity contribution in [2.75, 3.05) is 27.2 Å². The van der Waals surface area contributed by atoms with Crippen molar-refractivity contribution in [3.05, 3.63) is 0 Å². The molecule has 0 aromatic heterocycles. The van der Waals surface area contributed by atoms with Crippen LogP contribution < -0.4 is 10.6 Å². The molecule has 1 rings (SSSR count). The van der Waals surface area contributed by atoms with Crippen LogP contribution >= 0.6 is 24.0 Å². The lowest BCUT2D eigenvalue weighted by Gasteiger charge is -2.11. The minimum Gasteiger partial charge on any atom is -0.357 e. The van der Waals surface area contributed by atoms with Crippen molar-refractivity contribution in [1.29, 1.82) is 0 Å². The van der Waals surface area contributed by atoms with Gasteiger partial charge in [0.1, 0.15) is 0 Å². The quantitative estimate of drug-likeness (QED) is 0.433. The number of nitrogens with one attached hydrogen (secondary N) is 2. The number of hydrogen-bond donors (Lipinski definition) is 2. The highest BCUT2D eigenvalue weighted by Gasteiger charge is 2.33. The molecule has 2 atom stereocenters. The molecule has 0 aliphatic heterocycles. The molecule has 1 aliphatic rings. The van der Waals surface area contributed by atoms with Crippen molar-refractivity contribution in [2.45, 2.75) is 32.7 Å². The molecule has 2 N–H and O–H groups in total. The second-order valence-electron chi connectivity index (χ2n) is 4.76. The molecule has 0 heterocycles. The molecule has 18 heavy (non-hydrogen) atoms. The van der Waals surface area contributed by atoms with Gasteiger partial charge in [-0.3, -0.25) is 9.79 Å². The van der Waals surface area contributed by atoms with Crippen molar-refractivity contribution < 1.29 is 4.79 Å². The van der Waals surface area contributed by atoms with E-state index in [1.54, 1.807) is 19.0 Å². The van der Waals surface area contributed by atoms with E-state index in [1.807, 2.05) is 6.92 Å². The Balaban J connectivity index is 0.00000289. The summed E-state index contributed by atoms with van der Waals surface area (Å²) < 4.78 is 0. The summed E-state index contributed by atoms with van der Waals surface area (Å²) in [6.45, 7) is 5.64. The largest absolute Gasteiger partial charge is 0.357 e. The van der Waals surface area contributed by atoms with Gasteiger partial charge in [-0.25, -0.2) is 0 Å². The van der Waals surface area contributed by atoms with Crippen LogP contribution in [0.2, 0.25) is 0 Å². The van der Waals surface area contributed by atoms with Crippen LogP contribution in [-0.2, 0) is 4.79 Å². The average Bonchev–Trinajstić information content (AvgIpc) is 2.94. The number of aliphatic imine (C=N–C) groups is 1.